The number of amides is 2. The quantitative estimate of drug-likeness (QED) is 0.581. The predicted molar refractivity (Wildman–Crippen MR) is 120 cm³/mol. The highest BCUT2D eigenvalue weighted by atomic mass is 16.5. The predicted octanol–water partition coefficient (Wildman–Crippen LogP) is 4.23. The van der Waals surface area contributed by atoms with Crippen LogP contribution < -0.4 is 15.4 Å². The first-order chi connectivity index (χ1) is 15.6. The SMILES string of the molecule is COc1ccc(C2CCOC(CNC(=O)c3ccc(NC(=O)c4ccco4)cc3)C2)cc1. The summed E-state index contributed by atoms with van der Waals surface area (Å²) in [6.45, 7) is 1.11. The van der Waals surface area contributed by atoms with E-state index >= 15 is 0 Å². The first kappa shape index (κ1) is 21.6. The van der Waals surface area contributed by atoms with E-state index in [0.29, 0.717) is 30.3 Å². The summed E-state index contributed by atoms with van der Waals surface area (Å²) < 4.78 is 16.2. The molecule has 0 spiro atoms. The molecule has 2 heterocycles. The number of methoxy groups -OCH3 is 1. The van der Waals surface area contributed by atoms with Crippen molar-refractivity contribution in [2.75, 3.05) is 25.6 Å². The van der Waals surface area contributed by atoms with Crippen LogP contribution in [0, 0.1) is 0 Å². The summed E-state index contributed by atoms with van der Waals surface area (Å²) >= 11 is 0. The fourth-order valence-electron chi connectivity index (χ4n) is 3.82. The zero-order chi connectivity index (χ0) is 22.3. The highest BCUT2D eigenvalue weighted by Crippen LogP contribution is 2.31. The van der Waals surface area contributed by atoms with Gasteiger partial charge in [-0.3, -0.25) is 9.59 Å². The third kappa shape index (κ3) is 5.36. The van der Waals surface area contributed by atoms with Gasteiger partial charge < -0.3 is 24.5 Å². The normalized spacial score (nSPS) is 18.0. The summed E-state index contributed by atoms with van der Waals surface area (Å²) in [5.74, 6) is 0.953. The molecule has 2 unspecified atom stereocenters. The Morgan fingerprint density at radius 1 is 1.03 bits per heavy atom. The first-order valence-electron chi connectivity index (χ1n) is 10.6. The fraction of sp³-hybridized carbons (Fsp3) is 0.280. The molecular weight excluding hydrogens is 408 g/mol. The van der Waals surface area contributed by atoms with Gasteiger partial charge in [-0.25, -0.2) is 0 Å². The average Bonchev–Trinajstić information content (AvgIpc) is 3.39. The molecule has 1 aliphatic heterocycles. The number of ether oxygens (including phenoxy) is 2. The highest BCUT2D eigenvalue weighted by molar-refractivity contribution is 6.02. The maximum atomic E-state index is 12.5. The van der Waals surface area contributed by atoms with E-state index in [1.54, 1.807) is 43.5 Å². The van der Waals surface area contributed by atoms with Gasteiger partial charge in [-0.15, -0.1) is 0 Å². The van der Waals surface area contributed by atoms with E-state index in [-0.39, 0.29) is 23.7 Å². The number of carbonyl (C=O) groups excluding carboxylic acids is 2. The maximum absolute atomic E-state index is 12.5. The molecule has 32 heavy (non-hydrogen) atoms. The molecule has 0 saturated carbocycles. The Morgan fingerprint density at radius 2 is 1.81 bits per heavy atom. The van der Waals surface area contributed by atoms with Gasteiger partial charge in [0.05, 0.1) is 19.5 Å². The van der Waals surface area contributed by atoms with Gasteiger partial charge in [0.25, 0.3) is 11.8 Å². The van der Waals surface area contributed by atoms with E-state index in [1.807, 2.05) is 12.1 Å². The van der Waals surface area contributed by atoms with E-state index in [1.165, 1.54) is 11.8 Å². The summed E-state index contributed by atoms with van der Waals surface area (Å²) in [6, 6.07) is 18.1. The van der Waals surface area contributed by atoms with Crippen molar-refractivity contribution in [1.82, 2.24) is 5.32 Å². The standard InChI is InChI=1S/C25H26N2O5/c1-30-21-10-6-17(7-11-21)19-12-14-31-22(15-19)16-26-24(28)18-4-8-20(9-5-18)27-25(29)23-3-2-13-32-23/h2-11,13,19,22H,12,14-16H2,1H3,(H,26,28)(H,27,29). The first-order valence-corrected chi connectivity index (χ1v) is 10.6. The van der Waals surface area contributed by atoms with Gasteiger partial charge in [0.15, 0.2) is 5.76 Å². The zero-order valence-electron chi connectivity index (χ0n) is 17.9. The third-order valence-corrected chi connectivity index (χ3v) is 5.59. The van der Waals surface area contributed by atoms with Gasteiger partial charge >= 0.3 is 0 Å². The number of hydrogen-bond acceptors (Lipinski definition) is 5. The van der Waals surface area contributed by atoms with Gasteiger partial charge in [-0.1, -0.05) is 12.1 Å². The van der Waals surface area contributed by atoms with Crippen LogP contribution in [0.5, 0.6) is 5.75 Å². The largest absolute Gasteiger partial charge is 0.497 e. The van der Waals surface area contributed by atoms with Crippen LogP contribution in [0.25, 0.3) is 0 Å². The van der Waals surface area contributed by atoms with Crippen molar-refractivity contribution < 1.29 is 23.5 Å². The van der Waals surface area contributed by atoms with Crippen molar-refractivity contribution in [3.05, 3.63) is 83.8 Å². The molecule has 1 fully saturated rings. The summed E-state index contributed by atoms with van der Waals surface area (Å²) in [4.78, 5) is 24.6. The Bertz CT molecular complexity index is 1030. The molecule has 0 aliphatic carbocycles. The van der Waals surface area contributed by atoms with Crippen molar-refractivity contribution >= 4 is 17.5 Å². The topological polar surface area (TPSA) is 89.8 Å². The smallest absolute Gasteiger partial charge is 0.291 e. The van der Waals surface area contributed by atoms with Crippen LogP contribution in [-0.2, 0) is 4.74 Å². The maximum Gasteiger partial charge on any atom is 0.291 e. The summed E-state index contributed by atoms with van der Waals surface area (Å²) in [7, 11) is 1.66. The van der Waals surface area contributed by atoms with E-state index in [2.05, 4.69) is 22.8 Å². The van der Waals surface area contributed by atoms with Crippen molar-refractivity contribution in [2.45, 2.75) is 24.9 Å². The molecule has 7 nitrogen and oxygen atoms in total. The van der Waals surface area contributed by atoms with Crippen LogP contribution in [0.3, 0.4) is 0 Å². The molecule has 166 valence electrons. The number of furan rings is 1. The molecule has 2 amide bonds. The molecular formula is C25H26N2O5. The molecule has 7 heteroatoms. The Kier molecular flexibility index (Phi) is 6.87. The van der Waals surface area contributed by atoms with Crippen LogP contribution in [-0.4, -0.2) is 38.2 Å². The lowest BCUT2D eigenvalue weighted by Crippen LogP contribution is -2.37. The van der Waals surface area contributed by atoms with Crippen LogP contribution in [0.15, 0.2) is 71.3 Å². The van der Waals surface area contributed by atoms with Crippen LogP contribution >= 0.6 is 0 Å². The van der Waals surface area contributed by atoms with Gasteiger partial charge in [0.2, 0.25) is 0 Å². The second-order valence-corrected chi connectivity index (χ2v) is 7.71. The zero-order valence-corrected chi connectivity index (χ0v) is 17.9. The number of anilines is 1. The molecule has 0 radical (unpaired) electrons. The molecule has 1 saturated heterocycles. The molecule has 4 rings (SSSR count). The van der Waals surface area contributed by atoms with Crippen molar-refractivity contribution in [3.63, 3.8) is 0 Å². The van der Waals surface area contributed by atoms with E-state index in [0.717, 1.165) is 18.6 Å². The minimum atomic E-state index is -0.340. The summed E-state index contributed by atoms with van der Waals surface area (Å²) in [6.07, 6.45) is 3.22. The number of hydrogen-bond donors (Lipinski definition) is 2. The number of carbonyl (C=O) groups is 2. The fourth-order valence-corrected chi connectivity index (χ4v) is 3.82. The Labute approximate surface area is 186 Å². The highest BCUT2D eigenvalue weighted by Gasteiger charge is 2.24. The second kappa shape index (κ2) is 10.2. The van der Waals surface area contributed by atoms with Crippen LogP contribution in [0.4, 0.5) is 5.69 Å². The third-order valence-electron chi connectivity index (χ3n) is 5.59. The Morgan fingerprint density at radius 3 is 2.50 bits per heavy atom. The van der Waals surface area contributed by atoms with Gasteiger partial charge in [0, 0.05) is 24.4 Å². The molecule has 1 aromatic heterocycles. The van der Waals surface area contributed by atoms with Crippen LogP contribution in [0.2, 0.25) is 0 Å². The molecule has 2 atom stereocenters. The van der Waals surface area contributed by atoms with Gasteiger partial charge in [-0.05, 0) is 72.9 Å². The van der Waals surface area contributed by atoms with Crippen molar-refractivity contribution in [1.29, 1.82) is 0 Å². The minimum Gasteiger partial charge on any atom is -0.497 e. The van der Waals surface area contributed by atoms with Gasteiger partial charge in [-0.2, -0.15) is 0 Å². The van der Waals surface area contributed by atoms with Crippen LogP contribution in [0.1, 0.15) is 45.2 Å². The lowest BCUT2D eigenvalue weighted by Gasteiger charge is -2.30. The molecule has 3 aromatic rings. The lowest BCUT2D eigenvalue weighted by atomic mass is 9.88. The van der Waals surface area contributed by atoms with E-state index in [9.17, 15) is 9.59 Å². The van der Waals surface area contributed by atoms with Crippen molar-refractivity contribution in [2.24, 2.45) is 0 Å². The number of benzene rings is 2. The molecule has 1 aliphatic rings. The number of rotatable bonds is 7. The summed E-state index contributed by atoms with van der Waals surface area (Å²) in [5, 5.41) is 5.68. The van der Waals surface area contributed by atoms with E-state index in [4.69, 9.17) is 13.9 Å². The molecule has 2 aromatic carbocycles. The lowest BCUT2D eigenvalue weighted by molar-refractivity contribution is 0.00773. The molecule has 0 bridgehead atoms. The Balaban J connectivity index is 1.27. The monoisotopic (exact) mass is 434 g/mol. The second-order valence-electron chi connectivity index (χ2n) is 7.71. The number of nitrogens with one attached hydrogen (secondary N) is 2. The Hall–Kier alpha value is -3.58. The average molecular weight is 434 g/mol. The van der Waals surface area contributed by atoms with Crippen molar-refractivity contribution in [3.8, 4) is 5.75 Å². The molecule has 2 N–H and O–H groups in total. The minimum absolute atomic E-state index is 0.0355. The van der Waals surface area contributed by atoms with E-state index < -0.39 is 0 Å². The van der Waals surface area contributed by atoms with Gasteiger partial charge in [0.1, 0.15) is 5.75 Å². The summed E-state index contributed by atoms with van der Waals surface area (Å²) in [5.41, 5.74) is 2.36.